The SMILES string of the molecule is Cc1cc(Nc2nccn3c(-c4cn(CC#N)nc4C(F)(F)F)cnc23)cc(F)c1C(=O)NC(C)CNC(=O)C1[C@H]2CNC[C@@H]12. The maximum absolute atomic E-state index is 15.3. The van der Waals surface area contributed by atoms with Crippen LogP contribution >= 0.6 is 0 Å². The number of halogens is 4. The first kappa shape index (κ1) is 30.0. The number of carbonyl (C=O) groups excluding carboxylic acids is 2. The molecule has 2 unspecified atom stereocenters. The number of nitrogens with zero attached hydrogens (tertiary/aromatic N) is 6. The van der Waals surface area contributed by atoms with E-state index < -0.39 is 29.6 Å². The highest BCUT2D eigenvalue weighted by atomic mass is 19.4. The lowest BCUT2D eigenvalue weighted by Gasteiger charge is -2.17. The highest BCUT2D eigenvalue weighted by Crippen LogP contribution is 2.48. The smallest absolute Gasteiger partial charge is 0.354 e. The number of amides is 2. The maximum atomic E-state index is 15.3. The lowest BCUT2D eigenvalue weighted by atomic mass is 10.1. The molecule has 6 rings (SSSR count). The molecule has 234 valence electrons. The van der Waals surface area contributed by atoms with Gasteiger partial charge in [0.05, 0.1) is 29.1 Å². The number of benzene rings is 1. The molecule has 0 spiro atoms. The summed E-state index contributed by atoms with van der Waals surface area (Å²) in [4.78, 5) is 33.8. The fraction of sp³-hybridized carbons (Fsp3) is 0.379. The number of hydrogen-bond donors (Lipinski definition) is 4. The molecular formula is C29H28F4N10O2. The van der Waals surface area contributed by atoms with Crippen LogP contribution in [0.4, 0.5) is 29.1 Å². The molecule has 4 N–H and O–H groups in total. The van der Waals surface area contributed by atoms with Crippen LogP contribution in [0.5, 0.6) is 0 Å². The second kappa shape index (κ2) is 11.5. The van der Waals surface area contributed by atoms with Crippen LogP contribution in [0.25, 0.3) is 16.9 Å². The minimum atomic E-state index is -4.78. The molecule has 0 bridgehead atoms. The fourth-order valence-electron chi connectivity index (χ4n) is 5.94. The second-order valence-electron chi connectivity index (χ2n) is 11.3. The average molecular weight is 625 g/mol. The summed E-state index contributed by atoms with van der Waals surface area (Å²) in [6, 6.07) is 3.96. The number of piperidine rings is 1. The van der Waals surface area contributed by atoms with Gasteiger partial charge in [0.15, 0.2) is 17.2 Å². The Morgan fingerprint density at radius 1 is 1.22 bits per heavy atom. The summed E-state index contributed by atoms with van der Waals surface area (Å²) in [5.41, 5.74) is -0.851. The quantitative estimate of drug-likeness (QED) is 0.207. The Labute approximate surface area is 253 Å². The first-order valence-electron chi connectivity index (χ1n) is 14.2. The molecule has 4 atom stereocenters. The van der Waals surface area contributed by atoms with E-state index in [4.69, 9.17) is 5.26 Å². The molecular weight excluding hydrogens is 596 g/mol. The molecule has 16 heteroatoms. The zero-order chi connectivity index (χ0) is 32.0. The molecule has 1 aliphatic heterocycles. The summed E-state index contributed by atoms with van der Waals surface area (Å²) in [6.07, 6.45) is 0.320. The van der Waals surface area contributed by atoms with Gasteiger partial charge in [-0.2, -0.15) is 23.5 Å². The van der Waals surface area contributed by atoms with E-state index >= 15 is 4.39 Å². The summed E-state index contributed by atoms with van der Waals surface area (Å²) in [6.45, 7) is 4.79. The summed E-state index contributed by atoms with van der Waals surface area (Å²) in [5.74, 6) is -0.598. The lowest BCUT2D eigenvalue weighted by Crippen LogP contribution is -2.43. The molecule has 2 amide bonds. The van der Waals surface area contributed by atoms with Crippen molar-refractivity contribution in [1.82, 2.24) is 40.1 Å². The standard InChI is InChI=1S/C29H28F4N10O2/c1-14-7-16(8-20(30)22(14)28(45)39-15(2)9-38-27(44)23-17-10-35-11-18(17)23)40-25-26-37-12-21(43(26)6-4-36-25)19-13-42(5-3-34)41-24(19)29(31,32)33/h4,6-8,12-13,15,17-18,23,35H,5,9-11H2,1-2H3,(H,36,40)(H,38,44)(H,39,45)/t15?,17-,18+,23?. The summed E-state index contributed by atoms with van der Waals surface area (Å²) in [7, 11) is 0. The van der Waals surface area contributed by atoms with Crippen molar-refractivity contribution in [3.8, 4) is 17.3 Å². The summed E-state index contributed by atoms with van der Waals surface area (Å²) in [5, 5.41) is 24.2. The molecule has 45 heavy (non-hydrogen) atoms. The van der Waals surface area contributed by atoms with E-state index in [1.807, 2.05) is 0 Å². The van der Waals surface area contributed by atoms with Gasteiger partial charge in [0.2, 0.25) is 5.91 Å². The first-order chi connectivity index (χ1) is 21.5. The number of nitrogens with one attached hydrogen (secondary N) is 4. The van der Waals surface area contributed by atoms with Crippen LogP contribution in [0.15, 0.2) is 36.9 Å². The monoisotopic (exact) mass is 624 g/mol. The van der Waals surface area contributed by atoms with E-state index in [-0.39, 0.29) is 58.9 Å². The normalized spacial score (nSPS) is 19.5. The van der Waals surface area contributed by atoms with Crippen molar-refractivity contribution in [3.63, 3.8) is 0 Å². The zero-order valence-electron chi connectivity index (χ0n) is 24.1. The van der Waals surface area contributed by atoms with Gasteiger partial charge in [-0.05, 0) is 56.5 Å². The largest absolute Gasteiger partial charge is 0.435 e. The third kappa shape index (κ3) is 5.78. The van der Waals surface area contributed by atoms with Gasteiger partial charge >= 0.3 is 6.18 Å². The predicted octanol–water partition coefficient (Wildman–Crippen LogP) is 3.03. The van der Waals surface area contributed by atoms with Crippen LogP contribution in [0.3, 0.4) is 0 Å². The number of anilines is 2. The Kier molecular flexibility index (Phi) is 7.65. The molecule has 12 nitrogen and oxygen atoms in total. The predicted molar refractivity (Wildman–Crippen MR) is 153 cm³/mol. The van der Waals surface area contributed by atoms with Crippen LogP contribution in [-0.4, -0.2) is 61.6 Å². The molecule has 4 heterocycles. The van der Waals surface area contributed by atoms with Gasteiger partial charge in [0.1, 0.15) is 12.4 Å². The number of alkyl halides is 3. The number of carbonyl (C=O) groups is 2. The third-order valence-corrected chi connectivity index (χ3v) is 8.10. The minimum absolute atomic E-state index is 0.00794. The highest BCUT2D eigenvalue weighted by molar-refractivity contribution is 5.96. The summed E-state index contributed by atoms with van der Waals surface area (Å²) >= 11 is 0. The van der Waals surface area contributed by atoms with Crippen LogP contribution in [-0.2, 0) is 17.5 Å². The van der Waals surface area contributed by atoms with E-state index in [0.717, 1.165) is 30.0 Å². The molecule has 1 saturated heterocycles. The Hall–Kier alpha value is -5.04. The molecule has 3 aromatic heterocycles. The van der Waals surface area contributed by atoms with Crippen molar-refractivity contribution < 1.29 is 27.2 Å². The minimum Gasteiger partial charge on any atom is -0.354 e. The van der Waals surface area contributed by atoms with Gasteiger partial charge in [0.25, 0.3) is 5.91 Å². The Morgan fingerprint density at radius 3 is 2.67 bits per heavy atom. The van der Waals surface area contributed by atoms with Gasteiger partial charge in [-0.1, -0.05) is 0 Å². The number of rotatable bonds is 9. The molecule has 0 radical (unpaired) electrons. The fourth-order valence-corrected chi connectivity index (χ4v) is 5.94. The molecule has 2 aliphatic rings. The van der Waals surface area contributed by atoms with Crippen molar-refractivity contribution in [2.75, 3.05) is 25.0 Å². The number of aryl methyl sites for hydroxylation is 1. The molecule has 1 aliphatic carbocycles. The van der Waals surface area contributed by atoms with Gasteiger partial charge in [0, 0.05) is 42.8 Å². The highest BCUT2D eigenvalue weighted by Gasteiger charge is 2.56. The van der Waals surface area contributed by atoms with Crippen molar-refractivity contribution in [3.05, 3.63) is 59.6 Å². The Morgan fingerprint density at radius 2 is 1.98 bits per heavy atom. The second-order valence-corrected chi connectivity index (χ2v) is 11.3. The zero-order valence-corrected chi connectivity index (χ0v) is 24.1. The van der Waals surface area contributed by atoms with Gasteiger partial charge in [-0.25, -0.2) is 14.4 Å². The van der Waals surface area contributed by atoms with Gasteiger partial charge in [-0.15, -0.1) is 0 Å². The third-order valence-electron chi connectivity index (χ3n) is 8.10. The number of imidazole rings is 1. The Bertz CT molecular complexity index is 1810. The average Bonchev–Trinajstić information content (AvgIpc) is 3.38. The van der Waals surface area contributed by atoms with Gasteiger partial charge in [-0.3, -0.25) is 18.7 Å². The lowest BCUT2D eigenvalue weighted by molar-refractivity contribution is -0.141. The van der Waals surface area contributed by atoms with Crippen LogP contribution < -0.4 is 21.3 Å². The number of hydrogen-bond acceptors (Lipinski definition) is 8. The van der Waals surface area contributed by atoms with Crippen LogP contribution in [0.1, 0.15) is 28.5 Å². The number of nitriles is 1. The molecule has 2 fully saturated rings. The number of fused-ring (bicyclic) bond motifs is 2. The van der Waals surface area contributed by atoms with E-state index in [2.05, 4.69) is 36.3 Å². The van der Waals surface area contributed by atoms with Crippen molar-refractivity contribution in [2.45, 2.75) is 32.6 Å². The van der Waals surface area contributed by atoms with E-state index in [0.29, 0.717) is 17.4 Å². The van der Waals surface area contributed by atoms with Crippen molar-refractivity contribution >= 4 is 29.0 Å². The Balaban J connectivity index is 1.17. The van der Waals surface area contributed by atoms with Crippen molar-refractivity contribution in [2.24, 2.45) is 17.8 Å². The van der Waals surface area contributed by atoms with Gasteiger partial charge < -0.3 is 21.3 Å². The van der Waals surface area contributed by atoms with E-state index in [1.165, 1.54) is 29.1 Å². The van der Waals surface area contributed by atoms with E-state index in [1.54, 1.807) is 19.9 Å². The van der Waals surface area contributed by atoms with Crippen LogP contribution in [0.2, 0.25) is 0 Å². The molecule has 1 saturated carbocycles. The number of aromatic nitrogens is 5. The van der Waals surface area contributed by atoms with Crippen LogP contribution in [0, 0.1) is 41.8 Å². The molecule has 4 aromatic rings. The van der Waals surface area contributed by atoms with E-state index in [9.17, 15) is 22.8 Å². The maximum Gasteiger partial charge on any atom is 0.435 e. The topological polar surface area (TPSA) is 154 Å². The summed E-state index contributed by atoms with van der Waals surface area (Å²) < 4.78 is 58.8. The first-order valence-corrected chi connectivity index (χ1v) is 14.2. The van der Waals surface area contributed by atoms with Crippen molar-refractivity contribution in [1.29, 1.82) is 5.26 Å². The molecule has 1 aromatic carbocycles.